The number of hydrogen-bond acceptors (Lipinski definition) is 6. The van der Waals surface area contributed by atoms with Crippen molar-refractivity contribution in [1.29, 1.82) is 0 Å². The monoisotopic (exact) mass is 614 g/mol. The topological polar surface area (TPSA) is 66.3 Å². The van der Waals surface area contributed by atoms with E-state index in [-0.39, 0.29) is 5.65 Å². The maximum absolute atomic E-state index is 15.1. The van der Waals surface area contributed by atoms with E-state index in [1.807, 2.05) is 46.0 Å². The minimum absolute atomic E-state index is 0.167. The number of piperidine rings is 2. The van der Waals surface area contributed by atoms with E-state index in [1.54, 1.807) is 6.07 Å². The Labute approximate surface area is 264 Å². The third-order valence-electron chi connectivity index (χ3n) is 9.12. The van der Waals surface area contributed by atoms with Gasteiger partial charge < -0.3 is 15.1 Å². The van der Waals surface area contributed by atoms with Crippen LogP contribution < -0.4 is 15.8 Å². The maximum Gasteiger partial charge on any atom is 0.256 e. The molecule has 2 aromatic heterocycles. The Kier molecular flexibility index (Phi) is 9.97. The average molecular weight is 615 g/mol. The second-order valence-corrected chi connectivity index (χ2v) is 11.9. The highest BCUT2D eigenvalue weighted by Crippen LogP contribution is 2.34. The highest BCUT2D eigenvalue weighted by molar-refractivity contribution is 5.93. The third kappa shape index (κ3) is 6.50. The number of anilines is 1. The van der Waals surface area contributed by atoms with Crippen LogP contribution in [0.5, 0.6) is 0 Å². The Bertz CT molecular complexity index is 1720. The lowest BCUT2D eigenvalue weighted by Crippen LogP contribution is -2.48. The van der Waals surface area contributed by atoms with E-state index in [0.29, 0.717) is 23.1 Å². The lowest BCUT2D eigenvalue weighted by Gasteiger charge is -2.41. The molecule has 0 unspecified atom stereocenters. The maximum atomic E-state index is 15.1. The molecular weight excluding hydrogens is 570 g/mol. The van der Waals surface area contributed by atoms with E-state index in [0.717, 1.165) is 84.0 Å². The number of hydrogen-bond donors (Lipinski definition) is 1. The van der Waals surface area contributed by atoms with Crippen molar-refractivity contribution in [2.24, 2.45) is 5.92 Å². The highest BCUT2D eigenvalue weighted by atomic mass is 19.1. The number of aryl methyl sites for hydroxylation is 1. The van der Waals surface area contributed by atoms with Gasteiger partial charge in [-0.1, -0.05) is 45.5 Å². The summed E-state index contributed by atoms with van der Waals surface area (Å²) in [7, 11) is 1.82. The van der Waals surface area contributed by atoms with E-state index in [1.165, 1.54) is 25.0 Å². The minimum Gasteiger partial charge on any atom is -0.388 e. The number of nitrogens with one attached hydrogen (secondary N) is 1. The number of rotatable bonds is 6. The first-order valence-corrected chi connectivity index (χ1v) is 16.1. The first kappa shape index (κ1) is 32.3. The van der Waals surface area contributed by atoms with Crippen molar-refractivity contribution in [2.45, 2.75) is 59.4 Å². The molecule has 2 aliphatic rings. The molecule has 9 heteroatoms. The Balaban J connectivity index is 0.00000196. The van der Waals surface area contributed by atoms with E-state index in [2.05, 4.69) is 28.6 Å². The lowest BCUT2D eigenvalue weighted by molar-refractivity contribution is 0.120. The molecule has 1 N–H and O–H groups in total. The van der Waals surface area contributed by atoms with Crippen LogP contribution in [0.15, 0.2) is 59.9 Å². The van der Waals surface area contributed by atoms with Gasteiger partial charge in [0.25, 0.3) is 5.56 Å². The van der Waals surface area contributed by atoms with Gasteiger partial charge in [0.15, 0.2) is 5.65 Å². The first-order valence-electron chi connectivity index (χ1n) is 16.1. The van der Waals surface area contributed by atoms with Crippen LogP contribution >= 0.6 is 0 Å². The SMILES string of the molecule is C=C(NC)c1ccc(C)c(-c2nc(N3CCC(N4CCC(C)CC4)CC3)nc3c2ccc(=O)n3-c2c(F)cccc2F)c1.CC. The molecule has 4 heterocycles. The van der Waals surface area contributed by atoms with Gasteiger partial charge in [-0.15, -0.1) is 0 Å². The summed E-state index contributed by atoms with van der Waals surface area (Å²) in [5.41, 5.74) is 3.19. The number of halogens is 2. The molecule has 45 heavy (non-hydrogen) atoms. The largest absolute Gasteiger partial charge is 0.388 e. The Morgan fingerprint density at radius 2 is 1.60 bits per heavy atom. The normalized spacial score (nSPS) is 16.4. The van der Waals surface area contributed by atoms with E-state index < -0.39 is 22.9 Å². The van der Waals surface area contributed by atoms with Gasteiger partial charge in [-0.3, -0.25) is 9.36 Å². The predicted octanol–water partition coefficient (Wildman–Crippen LogP) is 6.95. The number of benzene rings is 2. The van der Waals surface area contributed by atoms with Gasteiger partial charge in [-0.2, -0.15) is 4.98 Å². The third-order valence-corrected chi connectivity index (χ3v) is 9.12. The van der Waals surface area contributed by atoms with Gasteiger partial charge >= 0.3 is 0 Å². The molecule has 0 spiro atoms. The van der Waals surface area contributed by atoms with Gasteiger partial charge in [-0.05, 0) is 87.0 Å². The van der Waals surface area contributed by atoms with Crippen molar-refractivity contribution >= 4 is 22.7 Å². The van der Waals surface area contributed by atoms with Crippen molar-refractivity contribution in [3.05, 3.63) is 88.2 Å². The summed E-state index contributed by atoms with van der Waals surface area (Å²) in [5.74, 6) is -0.445. The minimum atomic E-state index is -0.837. The van der Waals surface area contributed by atoms with Gasteiger partial charge in [-0.25, -0.2) is 13.8 Å². The van der Waals surface area contributed by atoms with Gasteiger partial charge in [0.05, 0.1) is 5.69 Å². The molecule has 0 radical (unpaired) electrons. The quantitative estimate of drug-likeness (QED) is 0.254. The molecule has 4 aromatic rings. The summed E-state index contributed by atoms with van der Waals surface area (Å²) >= 11 is 0. The Morgan fingerprint density at radius 3 is 2.24 bits per heavy atom. The smallest absolute Gasteiger partial charge is 0.256 e. The number of likely N-dealkylation sites (tertiary alicyclic amines) is 1. The first-order chi connectivity index (χ1) is 21.7. The van der Waals surface area contributed by atoms with Crippen LogP contribution in [0, 0.1) is 24.5 Å². The second kappa shape index (κ2) is 13.9. The van der Waals surface area contributed by atoms with Crippen LogP contribution in [0.25, 0.3) is 33.7 Å². The van der Waals surface area contributed by atoms with Crippen LogP contribution in [-0.2, 0) is 0 Å². The van der Waals surface area contributed by atoms with Crippen LogP contribution in [0.2, 0.25) is 0 Å². The van der Waals surface area contributed by atoms with E-state index in [4.69, 9.17) is 9.97 Å². The summed E-state index contributed by atoms with van der Waals surface area (Å²) in [6.45, 7) is 16.2. The molecule has 2 aromatic carbocycles. The molecule has 0 amide bonds. The molecule has 0 atom stereocenters. The zero-order valence-corrected chi connectivity index (χ0v) is 27.0. The second-order valence-electron chi connectivity index (χ2n) is 11.9. The predicted molar refractivity (Wildman–Crippen MR) is 180 cm³/mol. The summed E-state index contributed by atoms with van der Waals surface area (Å²) in [6.07, 6.45) is 4.43. The standard InChI is InChI=1S/C34H38F2N6O.C2H6/c1-21-12-16-40(17-13-21)25-14-18-41(19-15-25)34-38-31(27-20-24(23(3)37-4)9-8-22(27)2)26-10-11-30(43)42(33(26)39-34)32-28(35)6-5-7-29(32)36;1-2/h5-11,20-21,25,37H,3,12-19H2,1-2,4H3;1-2H3. The average Bonchev–Trinajstić information content (AvgIpc) is 3.06. The van der Waals surface area contributed by atoms with Crippen molar-refractivity contribution in [2.75, 3.05) is 38.1 Å². The fraction of sp³-hybridized carbons (Fsp3) is 0.417. The molecule has 2 fully saturated rings. The summed E-state index contributed by atoms with van der Waals surface area (Å²) in [6, 6.07) is 13.0. The number of fused-ring (bicyclic) bond motifs is 1. The number of nitrogens with zero attached hydrogens (tertiary/aromatic N) is 5. The van der Waals surface area contributed by atoms with Crippen LogP contribution in [0.4, 0.5) is 14.7 Å². The summed E-state index contributed by atoms with van der Waals surface area (Å²) in [5, 5.41) is 3.62. The fourth-order valence-electron chi connectivity index (χ4n) is 6.40. The Hall–Kier alpha value is -4.11. The van der Waals surface area contributed by atoms with Crippen LogP contribution in [0.3, 0.4) is 0 Å². The molecule has 0 aliphatic carbocycles. The number of pyridine rings is 1. The van der Waals surface area contributed by atoms with Crippen molar-refractivity contribution in [3.8, 4) is 16.9 Å². The summed E-state index contributed by atoms with van der Waals surface area (Å²) < 4.78 is 31.3. The molecule has 2 saturated heterocycles. The van der Waals surface area contributed by atoms with Crippen molar-refractivity contribution in [1.82, 2.24) is 24.8 Å². The van der Waals surface area contributed by atoms with Gasteiger partial charge in [0.2, 0.25) is 5.95 Å². The molecule has 6 rings (SSSR count). The molecule has 0 bridgehead atoms. The van der Waals surface area contributed by atoms with Gasteiger partial charge in [0.1, 0.15) is 17.3 Å². The van der Waals surface area contributed by atoms with Crippen LogP contribution in [0.1, 0.15) is 57.6 Å². The molecule has 7 nitrogen and oxygen atoms in total. The van der Waals surface area contributed by atoms with Crippen LogP contribution in [-0.4, -0.2) is 58.7 Å². The zero-order chi connectivity index (χ0) is 32.2. The number of aromatic nitrogens is 3. The molecule has 0 saturated carbocycles. The highest BCUT2D eigenvalue weighted by Gasteiger charge is 2.29. The molecule has 2 aliphatic heterocycles. The van der Waals surface area contributed by atoms with Gasteiger partial charge in [0, 0.05) is 48.9 Å². The van der Waals surface area contributed by atoms with E-state index in [9.17, 15) is 4.79 Å². The van der Waals surface area contributed by atoms with Crippen molar-refractivity contribution in [3.63, 3.8) is 0 Å². The fourth-order valence-corrected chi connectivity index (χ4v) is 6.40. The Morgan fingerprint density at radius 1 is 0.933 bits per heavy atom. The lowest BCUT2D eigenvalue weighted by atomic mass is 9.95. The summed E-state index contributed by atoms with van der Waals surface area (Å²) in [4.78, 5) is 28.0. The van der Waals surface area contributed by atoms with Crippen molar-refractivity contribution < 1.29 is 8.78 Å². The molecule has 238 valence electrons. The van der Waals surface area contributed by atoms with E-state index >= 15 is 8.78 Å². The number of para-hydroxylation sites is 1. The zero-order valence-electron chi connectivity index (χ0n) is 27.0. The molecular formula is C36H44F2N6O.